The summed E-state index contributed by atoms with van der Waals surface area (Å²) in [6, 6.07) is 0. The monoisotopic (exact) mass is 205 g/mol. The maximum absolute atomic E-state index is 11.4. The van der Waals surface area contributed by atoms with Crippen LogP contribution in [0.5, 0.6) is 0 Å². The number of ether oxygens (including phenoxy) is 1. The lowest BCUT2D eigenvalue weighted by molar-refractivity contribution is 0.0331. The lowest BCUT2D eigenvalue weighted by atomic mass is 10.2. The molecule has 0 rings (SSSR count). The second-order valence-corrected chi connectivity index (χ2v) is 5.04. The number of hydrogen-bond acceptors (Lipinski definition) is 3. The lowest BCUT2D eigenvalue weighted by Gasteiger charge is -2.24. The Balaban J connectivity index is 3.83. The zero-order valence-electron chi connectivity index (χ0n) is 9.09. The van der Waals surface area contributed by atoms with E-state index in [-0.39, 0.29) is 6.09 Å². The molecule has 0 aliphatic heterocycles. The summed E-state index contributed by atoms with van der Waals surface area (Å²) in [7, 11) is 1.75. The summed E-state index contributed by atoms with van der Waals surface area (Å²) >= 11 is 1.70. The van der Waals surface area contributed by atoms with Gasteiger partial charge in [0, 0.05) is 7.05 Å². The number of rotatable bonds is 3. The first-order valence-corrected chi connectivity index (χ1v) is 5.54. The van der Waals surface area contributed by atoms with Crippen molar-refractivity contribution in [2.45, 2.75) is 33.3 Å². The molecular weight excluding hydrogens is 186 g/mol. The third kappa shape index (κ3) is 6.75. The van der Waals surface area contributed by atoms with Gasteiger partial charge >= 0.3 is 6.09 Å². The van der Waals surface area contributed by atoms with Crippen LogP contribution in [0, 0.1) is 0 Å². The van der Waals surface area contributed by atoms with E-state index in [0.29, 0.717) is 5.88 Å². The lowest BCUT2D eigenvalue weighted by Crippen LogP contribution is -2.33. The van der Waals surface area contributed by atoms with Gasteiger partial charge in [0.1, 0.15) is 5.60 Å². The molecule has 0 N–H and O–H groups in total. The molecule has 0 saturated heterocycles. The van der Waals surface area contributed by atoms with E-state index in [0.717, 1.165) is 5.75 Å². The third-order valence-electron chi connectivity index (χ3n) is 1.19. The molecule has 78 valence electrons. The number of carbonyl (C=O) groups excluding carboxylic acids is 1. The number of amides is 1. The Bertz CT molecular complexity index is 165. The number of hydrogen-bond donors (Lipinski definition) is 0. The highest BCUT2D eigenvalue weighted by molar-refractivity contribution is 7.99. The molecule has 0 unspecified atom stereocenters. The fourth-order valence-corrected chi connectivity index (χ4v) is 1.18. The normalized spacial score (nSPS) is 11.2. The summed E-state index contributed by atoms with van der Waals surface area (Å²) in [5.41, 5.74) is -0.401. The van der Waals surface area contributed by atoms with Gasteiger partial charge in [-0.1, -0.05) is 6.92 Å². The van der Waals surface area contributed by atoms with Crippen LogP contribution in [0.15, 0.2) is 0 Å². The van der Waals surface area contributed by atoms with Gasteiger partial charge in [-0.3, -0.25) is 0 Å². The summed E-state index contributed by atoms with van der Waals surface area (Å²) in [6.07, 6.45) is -0.256. The van der Waals surface area contributed by atoms with Gasteiger partial charge in [-0.15, -0.1) is 11.8 Å². The highest BCUT2D eigenvalue weighted by Crippen LogP contribution is 2.10. The molecule has 0 fully saturated rings. The maximum Gasteiger partial charge on any atom is 0.410 e. The van der Waals surface area contributed by atoms with Crippen molar-refractivity contribution in [3.05, 3.63) is 0 Å². The van der Waals surface area contributed by atoms with Crippen molar-refractivity contribution < 1.29 is 9.53 Å². The van der Waals surface area contributed by atoms with Crippen molar-refractivity contribution in [1.29, 1.82) is 0 Å². The SMILES string of the molecule is CCSCN(C)C(=O)OC(C)(C)C. The van der Waals surface area contributed by atoms with Gasteiger partial charge in [-0.2, -0.15) is 0 Å². The number of thioether (sulfide) groups is 1. The quantitative estimate of drug-likeness (QED) is 0.663. The van der Waals surface area contributed by atoms with E-state index in [4.69, 9.17) is 4.74 Å². The van der Waals surface area contributed by atoms with Crippen LogP contribution in [0.2, 0.25) is 0 Å². The maximum atomic E-state index is 11.4. The summed E-state index contributed by atoms with van der Waals surface area (Å²) in [5, 5.41) is 0. The van der Waals surface area contributed by atoms with Gasteiger partial charge in [0.05, 0.1) is 5.88 Å². The van der Waals surface area contributed by atoms with Crippen LogP contribution < -0.4 is 0 Å². The van der Waals surface area contributed by atoms with Gasteiger partial charge in [0.15, 0.2) is 0 Å². The Morgan fingerprint density at radius 2 is 2.00 bits per heavy atom. The molecule has 0 aromatic heterocycles. The van der Waals surface area contributed by atoms with E-state index in [2.05, 4.69) is 6.92 Å². The van der Waals surface area contributed by atoms with Gasteiger partial charge in [0.2, 0.25) is 0 Å². The number of nitrogens with zero attached hydrogens (tertiary/aromatic N) is 1. The predicted octanol–water partition coefficient (Wildman–Crippen LogP) is 2.56. The van der Waals surface area contributed by atoms with Crippen LogP contribution in [0.1, 0.15) is 27.7 Å². The van der Waals surface area contributed by atoms with E-state index in [1.807, 2.05) is 20.8 Å². The molecule has 4 heteroatoms. The summed E-state index contributed by atoms with van der Waals surface area (Å²) in [6.45, 7) is 7.66. The third-order valence-corrected chi connectivity index (χ3v) is 2.17. The molecule has 0 spiro atoms. The first-order chi connectivity index (χ1) is 5.87. The van der Waals surface area contributed by atoms with Crippen LogP contribution >= 0.6 is 11.8 Å². The largest absolute Gasteiger partial charge is 0.444 e. The topological polar surface area (TPSA) is 29.5 Å². The van der Waals surface area contributed by atoms with E-state index < -0.39 is 5.60 Å². The fraction of sp³-hybridized carbons (Fsp3) is 0.889. The summed E-state index contributed by atoms with van der Waals surface area (Å²) < 4.78 is 5.17. The first-order valence-electron chi connectivity index (χ1n) is 4.38. The zero-order chi connectivity index (χ0) is 10.5. The highest BCUT2D eigenvalue weighted by Gasteiger charge is 2.18. The Morgan fingerprint density at radius 1 is 1.46 bits per heavy atom. The van der Waals surface area contributed by atoms with E-state index >= 15 is 0 Å². The molecule has 0 aliphatic carbocycles. The Morgan fingerprint density at radius 3 is 2.38 bits per heavy atom. The van der Waals surface area contributed by atoms with Crippen molar-refractivity contribution in [3.8, 4) is 0 Å². The second kappa shape index (κ2) is 5.37. The van der Waals surface area contributed by atoms with Crippen molar-refractivity contribution in [2.24, 2.45) is 0 Å². The molecule has 13 heavy (non-hydrogen) atoms. The molecular formula is C9H19NO2S. The molecule has 0 aliphatic rings. The Labute approximate surface area is 84.8 Å². The van der Waals surface area contributed by atoms with E-state index in [9.17, 15) is 4.79 Å². The van der Waals surface area contributed by atoms with Gasteiger partial charge in [-0.05, 0) is 26.5 Å². The second-order valence-electron chi connectivity index (χ2n) is 3.80. The van der Waals surface area contributed by atoms with Crippen LogP contribution in [0.4, 0.5) is 4.79 Å². The minimum absolute atomic E-state index is 0.256. The molecule has 0 saturated carbocycles. The van der Waals surface area contributed by atoms with Crippen molar-refractivity contribution in [3.63, 3.8) is 0 Å². The molecule has 1 amide bonds. The van der Waals surface area contributed by atoms with Crippen molar-refractivity contribution in [1.82, 2.24) is 4.90 Å². The first kappa shape index (κ1) is 12.6. The van der Waals surface area contributed by atoms with Gasteiger partial charge < -0.3 is 9.64 Å². The zero-order valence-corrected chi connectivity index (χ0v) is 9.90. The Kier molecular flexibility index (Phi) is 5.21. The van der Waals surface area contributed by atoms with Gasteiger partial charge in [-0.25, -0.2) is 4.79 Å². The molecule has 0 heterocycles. The average molecular weight is 205 g/mol. The standard InChI is InChI=1S/C9H19NO2S/c1-6-13-7-10(5)8(11)12-9(2,3)4/h6-7H2,1-5H3. The minimum Gasteiger partial charge on any atom is -0.444 e. The summed E-state index contributed by atoms with van der Waals surface area (Å²) in [5.74, 6) is 1.69. The average Bonchev–Trinajstić information content (AvgIpc) is 1.96. The van der Waals surface area contributed by atoms with Crippen LogP contribution in [-0.2, 0) is 4.74 Å². The van der Waals surface area contributed by atoms with Gasteiger partial charge in [0.25, 0.3) is 0 Å². The highest BCUT2D eigenvalue weighted by atomic mass is 32.2. The molecule has 0 aromatic carbocycles. The van der Waals surface area contributed by atoms with Crippen molar-refractivity contribution in [2.75, 3.05) is 18.7 Å². The molecule has 3 nitrogen and oxygen atoms in total. The smallest absolute Gasteiger partial charge is 0.410 e. The summed E-state index contributed by atoms with van der Waals surface area (Å²) in [4.78, 5) is 12.9. The molecule has 0 radical (unpaired) electrons. The number of carbonyl (C=O) groups is 1. The molecule has 0 aromatic rings. The van der Waals surface area contributed by atoms with Crippen LogP contribution in [-0.4, -0.2) is 35.3 Å². The molecule has 0 bridgehead atoms. The Hall–Kier alpha value is -0.380. The van der Waals surface area contributed by atoms with Crippen molar-refractivity contribution >= 4 is 17.9 Å². The van der Waals surface area contributed by atoms with Crippen LogP contribution in [0.25, 0.3) is 0 Å². The minimum atomic E-state index is -0.401. The molecule has 0 atom stereocenters. The predicted molar refractivity (Wildman–Crippen MR) is 57.0 cm³/mol. The van der Waals surface area contributed by atoms with Crippen LogP contribution in [0.3, 0.4) is 0 Å². The van der Waals surface area contributed by atoms with E-state index in [1.54, 1.807) is 23.7 Å². The fourth-order valence-electron chi connectivity index (χ4n) is 0.621. The van der Waals surface area contributed by atoms with E-state index in [1.165, 1.54) is 0 Å².